The number of hydrogen-bond acceptors (Lipinski definition) is 5. The van der Waals surface area contributed by atoms with E-state index in [1.807, 2.05) is 29.7 Å². The molecule has 2 aliphatic rings. The van der Waals surface area contributed by atoms with Gasteiger partial charge < -0.3 is 15.1 Å². The third kappa shape index (κ3) is 5.16. The van der Waals surface area contributed by atoms with Gasteiger partial charge in [-0.15, -0.1) is 46.7 Å². The van der Waals surface area contributed by atoms with Crippen LogP contribution in [0, 0.1) is 0 Å². The van der Waals surface area contributed by atoms with Crippen molar-refractivity contribution in [3.8, 4) is 0 Å². The second kappa shape index (κ2) is 10.1. The number of fused-ring (bicyclic) bond motifs is 1. The monoisotopic (exact) mass is 517 g/mol. The van der Waals surface area contributed by atoms with E-state index in [0.717, 1.165) is 51.8 Å². The first kappa shape index (κ1) is 20.9. The Kier molecular flexibility index (Phi) is 7.80. The van der Waals surface area contributed by atoms with Crippen molar-refractivity contribution in [3.05, 3.63) is 39.4 Å². The van der Waals surface area contributed by atoms with E-state index >= 15 is 0 Å². The summed E-state index contributed by atoms with van der Waals surface area (Å²) < 4.78 is 0. The molecule has 0 aliphatic carbocycles. The molecule has 2 aliphatic heterocycles. The van der Waals surface area contributed by atoms with Crippen LogP contribution in [0.4, 0.5) is 5.00 Å². The number of anilines is 1. The zero-order valence-corrected chi connectivity index (χ0v) is 19.7. The minimum absolute atomic E-state index is 0. The molecule has 0 atom stereocenters. The summed E-state index contributed by atoms with van der Waals surface area (Å²) in [7, 11) is 1.90. The molecular formula is C19H28IN5S2. The van der Waals surface area contributed by atoms with Gasteiger partial charge in [-0.25, -0.2) is 0 Å². The van der Waals surface area contributed by atoms with Gasteiger partial charge in [-0.05, 0) is 40.9 Å². The summed E-state index contributed by atoms with van der Waals surface area (Å²) in [6.45, 7) is 8.48. The SMILES string of the molecule is CN=C(NCCN1CCc2sccc2C1)N1CCN(c2cccs2)CC1.I. The fraction of sp³-hybridized carbons (Fsp3) is 0.526. The number of nitrogens with one attached hydrogen (secondary N) is 1. The van der Waals surface area contributed by atoms with E-state index in [4.69, 9.17) is 0 Å². The summed E-state index contributed by atoms with van der Waals surface area (Å²) in [5.74, 6) is 1.05. The number of halogens is 1. The lowest BCUT2D eigenvalue weighted by molar-refractivity contribution is 0.258. The zero-order valence-electron chi connectivity index (χ0n) is 15.8. The van der Waals surface area contributed by atoms with Crippen molar-refractivity contribution in [2.24, 2.45) is 4.99 Å². The minimum Gasteiger partial charge on any atom is -0.360 e. The first-order valence-electron chi connectivity index (χ1n) is 9.35. The average molecular weight is 518 g/mol. The van der Waals surface area contributed by atoms with Gasteiger partial charge in [-0.3, -0.25) is 9.89 Å². The van der Waals surface area contributed by atoms with Crippen LogP contribution in [-0.2, 0) is 13.0 Å². The Balaban J connectivity index is 0.00000210. The van der Waals surface area contributed by atoms with Crippen molar-refractivity contribution < 1.29 is 0 Å². The average Bonchev–Trinajstić information content (AvgIpc) is 3.37. The normalized spacial score (nSPS) is 18.2. The Morgan fingerprint density at radius 3 is 2.70 bits per heavy atom. The molecular weight excluding hydrogens is 489 g/mol. The van der Waals surface area contributed by atoms with Gasteiger partial charge in [0.25, 0.3) is 0 Å². The molecule has 1 fully saturated rings. The highest BCUT2D eigenvalue weighted by Gasteiger charge is 2.21. The zero-order chi connectivity index (χ0) is 17.8. The topological polar surface area (TPSA) is 34.1 Å². The summed E-state index contributed by atoms with van der Waals surface area (Å²) in [6, 6.07) is 6.63. The quantitative estimate of drug-likeness (QED) is 0.384. The van der Waals surface area contributed by atoms with Crippen molar-refractivity contribution in [1.29, 1.82) is 0 Å². The molecule has 2 aromatic rings. The van der Waals surface area contributed by atoms with Crippen LogP contribution in [0.25, 0.3) is 0 Å². The summed E-state index contributed by atoms with van der Waals surface area (Å²) in [4.78, 5) is 13.5. The summed E-state index contributed by atoms with van der Waals surface area (Å²) in [5, 5.41) is 9.34. The molecule has 0 saturated carbocycles. The molecule has 5 nitrogen and oxygen atoms in total. The van der Waals surface area contributed by atoms with Crippen LogP contribution in [0.2, 0.25) is 0 Å². The van der Waals surface area contributed by atoms with Crippen molar-refractivity contribution in [3.63, 3.8) is 0 Å². The van der Waals surface area contributed by atoms with E-state index < -0.39 is 0 Å². The largest absolute Gasteiger partial charge is 0.360 e. The smallest absolute Gasteiger partial charge is 0.193 e. The maximum atomic E-state index is 4.51. The molecule has 2 aromatic heterocycles. The van der Waals surface area contributed by atoms with Crippen molar-refractivity contribution >= 4 is 57.6 Å². The molecule has 0 radical (unpaired) electrons. The van der Waals surface area contributed by atoms with Gasteiger partial charge in [0.05, 0.1) is 5.00 Å². The second-order valence-corrected chi connectivity index (χ2v) is 8.72. The lowest BCUT2D eigenvalue weighted by Gasteiger charge is -2.37. The third-order valence-corrected chi connectivity index (χ3v) is 7.16. The molecule has 0 bridgehead atoms. The Labute approximate surface area is 187 Å². The van der Waals surface area contributed by atoms with Gasteiger partial charge >= 0.3 is 0 Å². The predicted molar refractivity (Wildman–Crippen MR) is 128 cm³/mol. The van der Waals surface area contributed by atoms with E-state index in [2.05, 4.69) is 54.0 Å². The summed E-state index contributed by atoms with van der Waals surface area (Å²) >= 11 is 3.73. The lowest BCUT2D eigenvalue weighted by Crippen LogP contribution is -2.53. The van der Waals surface area contributed by atoms with Gasteiger partial charge in [0.15, 0.2) is 5.96 Å². The van der Waals surface area contributed by atoms with Crippen LogP contribution in [0.1, 0.15) is 10.4 Å². The molecule has 8 heteroatoms. The van der Waals surface area contributed by atoms with Gasteiger partial charge in [-0.2, -0.15) is 0 Å². The maximum Gasteiger partial charge on any atom is 0.193 e. The fourth-order valence-electron chi connectivity index (χ4n) is 3.74. The number of guanidine groups is 1. The molecule has 4 heterocycles. The first-order valence-corrected chi connectivity index (χ1v) is 11.1. The van der Waals surface area contributed by atoms with E-state index in [0.29, 0.717) is 0 Å². The number of rotatable bonds is 4. The van der Waals surface area contributed by atoms with E-state index in [-0.39, 0.29) is 24.0 Å². The Bertz CT molecular complexity index is 722. The number of nitrogens with zero attached hydrogens (tertiary/aromatic N) is 4. The Morgan fingerprint density at radius 1 is 1.11 bits per heavy atom. The summed E-state index contributed by atoms with van der Waals surface area (Å²) in [5.41, 5.74) is 1.52. The lowest BCUT2D eigenvalue weighted by atomic mass is 10.1. The van der Waals surface area contributed by atoms with Crippen molar-refractivity contribution in [1.82, 2.24) is 15.1 Å². The number of piperazine rings is 1. The van der Waals surface area contributed by atoms with E-state index in [9.17, 15) is 0 Å². The molecule has 27 heavy (non-hydrogen) atoms. The van der Waals surface area contributed by atoms with Gasteiger partial charge in [0, 0.05) is 64.3 Å². The van der Waals surface area contributed by atoms with Gasteiger partial charge in [0.1, 0.15) is 0 Å². The molecule has 1 N–H and O–H groups in total. The molecule has 148 valence electrons. The fourth-order valence-corrected chi connectivity index (χ4v) is 5.42. The highest BCUT2D eigenvalue weighted by atomic mass is 127. The molecule has 0 aromatic carbocycles. The summed E-state index contributed by atoms with van der Waals surface area (Å²) in [6.07, 6.45) is 1.20. The van der Waals surface area contributed by atoms with Crippen LogP contribution in [0.15, 0.2) is 34.0 Å². The molecule has 0 unspecified atom stereocenters. The first-order chi connectivity index (χ1) is 12.8. The molecule has 0 amide bonds. The minimum atomic E-state index is 0. The highest BCUT2D eigenvalue weighted by Crippen LogP contribution is 2.24. The number of thiophene rings is 2. The highest BCUT2D eigenvalue weighted by molar-refractivity contribution is 14.0. The number of aliphatic imine (C=N–C) groups is 1. The standard InChI is InChI=1S/C19H27N5S2.HI/c1-20-19(24-11-9-23(10-12-24)18-3-2-13-26-18)21-6-8-22-7-4-17-16(15-22)5-14-25-17;/h2-3,5,13-14H,4,6-12,15H2,1H3,(H,20,21);1H. The second-order valence-electron chi connectivity index (χ2n) is 6.79. The molecule has 0 spiro atoms. The van der Waals surface area contributed by atoms with Crippen LogP contribution in [-0.4, -0.2) is 68.6 Å². The van der Waals surface area contributed by atoms with Gasteiger partial charge in [-0.1, -0.05) is 0 Å². The maximum absolute atomic E-state index is 4.51. The van der Waals surface area contributed by atoms with Crippen molar-refractivity contribution in [2.45, 2.75) is 13.0 Å². The molecule has 1 saturated heterocycles. The van der Waals surface area contributed by atoms with Crippen LogP contribution < -0.4 is 10.2 Å². The van der Waals surface area contributed by atoms with Crippen LogP contribution >= 0.6 is 46.7 Å². The number of hydrogen-bond donors (Lipinski definition) is 1. The predicted octanol–water partition coefficient (Wildman–Crippen LogP) is 3.18. The van der Waals surface area contributed by atoms with E-state index in [1.165, 1.54) is 23.5 Å². The molecule has 4 rings (SSSR count). The third-order valence-electron chi connectivity index (χ3n) is 5.21. The van der Waals surface area contributed by atoms with Crippen molar-refractivity contribution in [2.75, 3.05) is 57.8 Å². The Hall–Kier alpha value is -0.840. The van der Waals surface area contributed by atoms with E-state index in [1.54, 1.807) is 4.88 Å². The Morgan fingerprint density at radius 2 is 1.96 bits per heavy atom. The van der Waals surface area contributed by atoms with Gasteiger partial charge in [0.2, 0.25) is 0 Å². The van der Waals surface area contributed by atoms with Crippen LogP contribution in [0.5, 0.6) is 0 Å². The van der Waals surface area contributed by atoms with Crippen LogP contribution in [0.3, 0.4) is 0 Å².